The number of rotatable bonds is 3. The first-order valence-electron chi connectivity index (χ1n) is 17.0. The molecule has 0 saturated carbocycles. The normalized spacial score (nSPS) is 13.0. The molecule has 0 aliphatic heterocycles. The minimum Gasteiger partial charge on any atom is -0.256 e. The number of hydrogen-bond donors (Lipinski definition) is 0. The number of hydrogen-bond acceptors (Lipinski definition) is 1. The van der Waals surface area contributed by atoms with Crippen LogP contribution in [0.2, 0.25) is 0 Å². The first kappa shape index (κ1) is 27.3. The predicted molar refractivity (Wildman–Crippen MR) is 206 cm³/mol. The summed E-state index contributed by atoms with van der Waals surface area (Å²) in [5.74, 6) is 0. The van der Waals surface area contributed by atoms with Gasteiger partial charge in [0, 0.05) is 17.1 Å². The van der Waals surface area contributed by atoms with Gasteiger partial charge in [-0.15, -0.1) is 0 Å². The molecule has 9 aromatic rings. The molecule has 0 N–H and O–H groups in total. The Kier molecular flexibility index (Phi) is 5.90. The van der Waals surface area contributed by atoms with Crippen LogP contribution in [0.3, 0.4) is 0 Å². The van der Waals surface area contributed by atoms with Crippen molar-refractivity contribution >= 4 is 60.1 Å². The average Bonchev–Trinajstić information content (AvgIpc) is 3.13. The highest BCUT2D eigenvalue weighted by Crippen LogP contribution is 2.48. The second-order valence-electron chi connectivity index (χ2n) is 13.5. The van der Waals surface area contributed by atoms with E-state index in [1.807, 2.05) is 6.20 Å². The summed E-state index contributed by atoms with van der Waals surface area (Å²) < 4.78 is 0. The minimum atomic E-state index is 1.03. The van der Waals surface area contributed by atoms with Crippen LogP contribution in [0.4, 0.5) is 0 Å². The Morgan fingerprint density at radius 3 is 2.04 bits per heavy atom. The largest absolute Gasteiger partial charge is 0.256 e. The van der Waals surface area contributed by atoms with Gasteiger partial charge in [-0.2, -0.15) is 0 Å². The van der Waals surface area contributed by atoms with Crippen LogP contribution in [0.5, 0.6) is 0 Å². The Hall–Kier alpha value is -5.79. The van der Waals surface area contributed by atoms with E-state index in [4.69, 9.17) is 4.98 Å². The highest BCUT2D eigenvalue weighted by molar-refractivity contribution is 6.27. The molecule has 0 spiro atoms. The molecule has 0 radical (unpaired) electrons. The van der Waals surface area contributed by atoms with Crippen molar-refractivity contribution in [2.45, 2.75) is 26.7 Å². The van der Waals surface area contributed by atoms with Gasteiger partial charge >= 0.3 is 0 Å². The van der Waals surface area contributed by atoms with Crippen molar-refractivity contribution in [3.05, 3.63) is 156 Å². The fourth-order valence-electron chi connectivity index (χ4n) is 8.55. The molecule has 0 fully saturated rings. The van der Waals surface area contributed by atoms with Crippen LogP contribution in [0.25, 0.3) is 93.4 Å². The number of aryl methyl sites for hydroxylation is 2. The summed E-state index contributed by atoms with van der Waals surface area (Å²) in [7, 11) is 0. The fourth-order valence-corrected chi connectivity index (χ4v) is 8.55. The lowest BCUT2D eigenvalue weighted by Crippen LogP contribution is -2.04. The summed E-state index contributed by atoms with van der Waals surface area (Å²) in [5, 5.41) is 11.8. The quantitative estimate of drug-likeness (QED) is 0.181. The third-order valence-corrected chi connectivity index (χ3v) is 10.7. The molecule has 48 heavy (non-hydrogen) atoms. The first-order valence-corrected chi connectivity index (χ1v) is 17.0. The van der Waals surface area contributed by atoms with Crippen LogP contribution < -0.4 is 0 Å². The Morgan fingerprint density at radius 1 is 0.521 bits per heavy atom. The van der Waals surface area contributed by atoms with Gasteiger partial charge in [-0.1, -0.05) is 121 Å². The van der Waals surface area contributed by atoms with E-state index in [1.54, 1.807) is 0 Å². The number of fused-ring (bicyclic) bond motifs is 3. The maximum atomic E-state index is 4.79. The number of benzene rings is 8. The van der Waals surface area contributed by atoms with E-state index in [0.29, 0.717) is 0 Å². The van der Waals surface area contributed by atoms with Crippen molar-refractivity contribution < 1.29 is 0 Å². The predicted octanol–water partition coefficient (Wildman–Crippen LogP) is 12.9. The molecule has 10 rings (SSSR count). The van der Waals surface area contributed by atoms with Crippen LogP contribution in [-0.4, -0.2) is 4.98 Å². The van der Waals surface area contributed by atoms with Crippen LogP contribution in [0.1, 0.15) is 28.7 Å². The van der Waals surface area contributed by atoms with Gasteiger partial charge in [0.25, 0.3) is 0 Å². The van der Waals surface area contributed by atoms with Crippen molar-refractivity contribution in [1.29, 1.82) is 0 Å². The van der Waals surface area contributed by atoms with E-state index < -0.39 is 0 Å². The molecule has 226 valence electrons. The van der Waals surface area contributed by atoms with Gasteiger partial charge in [0.2, 0.25) is 0 Å². The monoisotopic (exact) mass is 611 g/mol. The average molecular weight is 612 g/mol. The third kappa shape index (κ3) is 3.94. The topological polar surface area (TPSA) is 12.9 Å². The van der Waals surface area contributed by atoms with E-state index in [0.717, 1.165) is 18.4 Å². The molecule has 1 nitrogen and oxygen atoms in total. The fraction of sp³-hybridized carbons (Fsp3) is 0.0851. The van der Waals surface area contributed by atoms with Gasteiger partial charge in [-0.25, -0.2) is 0 Å². The molecule has 0 bridgehead atoms. The van der Waals surface area contributed by atoms with E-state index in [2.05, 4.69) is 147 Å². The van der Waals surface area contributed by atoms with Gasteiger partial charge < -0.3 is 0 Å². The second kappa shape index (κ2) is 10.4. The SMILES string of the molecule is Cc1cc(-c2c3c(c(-c4ccc5ccc6cccc7ccc4c5c67)c4ccccc24)C=CCC3)c(C)cc1-c1cnc2ccccc2c1. The zero-order chi connectivity index (χ0) is 31.9. The summed E-state index contributed by atoms with van der Waals surface area (Å²) in [6, 6.07) is 45.1. The number of para-hydroxylation sites is 1. The second-order valence-corrected chi connectivity index (χ2v) is 13.5. The third-order valence-electron chi connectivity index (χ3n) is 10.7. The molecular weight excluding hydrogens is 579 g/mol. The zero-order valence-corrected chi connectivity index (χ0v) is 27.1. The lowest BCUT2D eigenvalue weighted by atomic mass is 9.78. The van der Waals surface area contributed by atoms with Crippen molar-refractivity contribution in [3.63, 3.8) is 0 Å². The maximum Gasteiger partial charge on any atom is 0.0702 e. The molecule has 8 aromatic carbocycles. The molecule has 0 amide bonds. The van der Waals surface area contributed by atoms with E-state index in [1.165, 1.54) is 104 Å². The number of nitrogens with zero attached hydrogens (tertiary/aromatic N) is 1. The molecular formula is C47H33N. The highest BCUT2D eigenvalue weighted by Gasteiger charge is 2.24. The molecule has 1 heterocycles. The van der Waals surface area contributed by atoms with Gasteiger partial charge in [0.15, 0.2) is 0 Å². The molecule has 1 aliphatic rings. The molecule has 1 heteroatoms. The summed E-state index contributed by atoms with van der Waals surface area (Å²) in [5.41, 5.74) is 14.2. The smallest absolute Gasteiger partial charge is 0.0702 e. The molecule has 0 atom stereocenters. The minimum absolute atomic E-state index is 1.03. The summed E-state index contributed by atoms with van der Waals surface area (Å²) >= 11 is 0. The Bertz CT molecular complexity index is 2780. The van der Waals surface area contributed by atoms with Crippen LogP contribution in [0, 0.1) is 13.8 Å². The molecule has 0 unspecified atom stereocenters. The number of allylic oxidation sites excluding steroid dienone is 1. The molecule has 1 aromatic heterocycles. The van der Waals surface area contributed by atoms with Gasteiger partial charge in [0.1, 0.15) is 0 Å². The lowest BCUT2D eigenvalue weighted by Gasteiger charge is -2.26. The van der Waals surface area contributed by atoms with Crippen LogP contribution >= 0.6 is 0 Å². The first-order chi connectivity index (χ1) is 23.6. The number of aromatic nitrogens is 1. The summed E-state index contributed by atoms with van der Waals surface area (Å²) in [6.45, 7) is 4.53. The van der Waals surface area contributed by atoms with Gasteiger partial charge in [0.05, 0.1) is 5.52 Å². The molecule has 1 aliphatic carbocycles. The zero-order valence-electron chi connectivity index (χ0n) is 27.1. The summed E-state index contributed by atoms with van der Waals surface area (Å²) in [4.78, 5) is 4.79. The van der Waals surface area contributed by atoms with Crippen molar-refractivity contribution in [2.75, 3.05) is 0 Å². The van der Waals surface area contributed by atoms with Crippen molar-refractivity contribution in [3.8, 4) is 33.4 Å². The lowest BCUT2D eigenvalue weighted by molar-refractivity contribution is 0.991. The van der Waals surface area contributed by atoms with Crippen LogP contribution in [-0.2, 0) is 6.42 Å². The molecule has 0 saturated heterocycles. The van der Waals surface area contributed by atoms with Gasteiger partial charge in [-0.05, 0) is 132 Å². The standard InChI is InChI=1S/C47H33N/c1-28-25-42(29(2)24-41(28)34-26-33-10-3-8-17-43(33)48-27-34)47-37-15-6-4-13-35(37)46(36-14-5-7-16-38(36)47)40-23-21-32-19-18-30-11-9-12-31-20-22-39(40)45(32)44(30)31/h3-6,8-15,17-27H,7,16H2,1-2H3. The Labute approximate surface area is 280 Å². The highest BCUT2D eigenvalue weighted by atomic mass is 14.6. The van der Waals surface area contributed by atoms with Crippen LogP contribution in [0.15, 0.2) is 134 Å². The van der Waals surface area contributed by atoms with Crippen molar-refractivity contribution in [2.24, 2.45) is 0 Å². The van der Waals surface area contributed by atoms with E-state index >= 15 is 0 Å². The maximum absolute atomic E-state index is 4.79. The Balaban J connectivity index is 1.24. The summed E-state index contributed by atoms with van der Waals surface area (Å²) in [6.07, 6.45) is 8.87. The van der Waals surface area contributed by atoms with E-state index in [-0.39, 0.29) is 0 Å². The Morgan fingerprint density at radius 2 is 1.19 bits per heavy atom. The van der Waals surface area contributed by atoms with Gasteiger partial charge in [-0.3, -0.25) is 4.98 Å². The van der Waals surface area contributed by atoms with E-state index in [9.17, 15) is 0 Å². The van der Waals surface area contributed by atoms with Crippen molar-refractivity contribution in [1.82, 2.24) is 4.98 Å². The number of pyridine rings is 1.